The zero-order valence-electron chi connectivity index (χ0n) is 15.7. The molecule has 1 saturated heterocycles. The third-order valence-electron chi connectivity index (χ3n) is 4.20. The Bertz CT molecular complexity index is 674. The fraction of sp³-hybridized carbons (Fsp3) is 0.500. The van der Waals surface area contributed by atoms with Crippen molar-refractivity contribution >= 4 is 18.1 Å². The summed E-state index contributed by atoms with van der Waals surface area (Å²) < 4.78 is 18.8. The summed E-state index contributed by atoms with van der Waals surface area (Å²) in [5.41, 5.74) is 0.635. The number of carbonyl (C=O) groups excluding carboxylic acids is 2. The van der Waals surface area contributed by atoms with Crippen LogP contribution in [0.5, 0.6) is 0 Å². The van der Waals surface area contributed by atoms with E-state index >= 15 is 0 Å². The van der Waals surface area contributed by atoms with Crippen LogP contribution < -0.4 is 5.32 Å². The maximum Gasteiger partial charge on any atom is 0.407 e. The molecule has 6 heteroatoms. The molecule has 0 bridgehead atoms. The normalized spacial score (nSPS) is 15.5. The number of halogens is 1. The predicted octanol–water partition coefficient (Wildman–Crippen LogP) is 3.53. The van der Waals surface area contributed by atoms with E-state index in [4.69, 9.17) is 4.74 Å². The van der Waals surface area contributed by atoms with Gasteiger partial charge in [0.15, 0.2) is 0 Å². The summed E-state index contributed by atoms with van der Waals surface area (Å²) in [7, 11) is 0. The minimum atomic E-state index is -0.528. The SMILES string of the molecule is C=Cc1cc(CC(=O)N2CCC(NC(=O)OC(C)(C)C)CC2)ccc1F. The molecule has 0 aromatic heterocycles. The molecule has 2 rings (SSSR count). The summed E-state index contributed by atoms with van der Waals surface area (Å²) in [6.07, 6.45) is 2.62. The number of nitrogens with zero attached hydrogens (tertiary/aromatic N) is 1. The molecular weight excluding hydrogens is 335 g/mol. The molecule has 5 nitrogen and oxygen atoms in total. The average Bonchev–Trinajstić information content (AvgIpc) is 2.55. The molecule has 26 heavy (non-hydrogen) atoms. The van der Waals surface area contributed by atoms with Crippen LogP contribution in [0.2, 0.25) is 0 Å². The summed E-state index contributed by atoms with van der Waals surface area (Å²) in [6.45, 7) is 10.2. The largest absolute Gasteiger partial charge is 0.444 e. The van der Waals surface area contributed by atoms with Crippen molar-refractivity contribution in [2.75, 3.05) is 13.1 Å². The lowest BCUT2D eigenvalue weighted by atomic mass is 10.0. The molecule has 0 atom stereocenters. The van der Waals surface area contributed by atoms with Crippen LogP contribution in [0.15, 0.2) is 24.8 Å². The molecule has 0 radical (unpaired) electrons. The van der Waals surface area contributed by atoms with Crippen LogP contribution in [0, 0.1) is 5.82 Å². The number of rotatable bonds is 4. The van der Waals surface area contributed by atoms with Gasteiger partial charge in [0, 0.05) is 24.7 Å². The van der Waals surface area contributed by atoms with E-state index in [2.05, 4.69) is 11.9 Å². The minimum absolute atomic E-state index is 0.00217. The Balaban J connectivity index is 1.83. The number of likely N-dealkylation sites (tertiary alicyclic amines) is 1. The Labute approximate surface area is 154 Å². The average molecular weight is 362 g/mol. The first-order valence-corrected chi connectivity index (χ1v) is 8.86. The highest BCUT2D eigenvalue weighted by Crippen LogP contribution is 2.16. The van der Waals surface area contributed by atoms with E-state index in [1.54, 1.807) is 17.0 Å². The summed E-state index contributed by atoms with van der Waals surface area (Å²) in [5, 5.41) is 2.85. The number of alkyl carbamates (subject to hydrolysis) is 1. The molecule has 0 unspecified atom stereocenters. The maximum absolute atomic E-state index is 13.5. The Morgan fingerprint density at radius 2 is 2.00 bits per heavy atom. The second kappa shape index (κ2) is 8.34. The van der Waals surface area contributed by atoms with Gasteiger partial charge in [-0.1, -0.05) is 18.7 Å². The Kier molecular flexibility index (Phi) is 6.40. The van der Waals surface area contributed by atoms with E-state index in [0.717, 1.165) is 5.56 Å². The van der Waals surface area contributed by atoms with Gasteiger partial charge in [-0.05, 0) is 51.3 Å². The van der Waals surface area contributed by atoms with Gasteiger partial charge in [0.25, 0.3) is 0 Å². The number of amides is 2. The van der Waals surface area contributed by atoms with E-state index in [1.165, 1.54) is 12.1 Å². The van der Waals surface area contributed by atoms with E-state index in [9.17, 15) is 14.0 Å². The molecule has 142 valence electrons. The van der Waals surface area contributed by atoms with E-state index in [0.29, 0.717) is 31.5 Å². The molecule has 1 aliphatic heterocycles. The smallest absolute Gasteiger partial charge is 0.407 e. The van der Waals surface area contributed by atoms with E-state index in [1.807, 2.05) is 20.8 Å². The van der Waals surface area contributed by atoms with Gasteiger partial charge >= 0.3 is 6.09 Å². The van der Waals surface area contributed by atoms with Crippen molar-refractivity contribution in [3.8, 4) is 0 Å². The minimum Gasteiger partial charge on any atom is -0.444 e. The molecule has 1 fully saturated rings. The number of ether oxygens (including phenoxy) is 1. The number of hydrogen-bond donors (Lipinski definition) is 1. The highest BCUT2D eigenvalue weighted by molar-refractivity contribution is 5.79. The third-order valence-corrected chi connectivity index (χ3v) is 4.20. The van der Waals surface area contributed by atoms with Gasteiger partial charge < -0.3 is 15.0 Å². The Hall–Kier alpha value is -2.37. The monoisotopic (exact) mass is 362 g/mol. The van der Waals surface area contributed by atoms with Crippen molar-refractivity contribution in [1.29, 1.82) is 0 Å². The van der Waals surface area contributed by atoms with E-state index < -0.39 is 11.7 Å². The van der Waals surface area contributed by atoms with Gasteiger partial charge in [0.2, 0.25) is 5.91 Å². The second-order valence-electron chi connectivity index (χ2n) is 7.54. The highest BCUT2D eigenvalue weighted by atomic mass is 19.1. The van der Waals surface area contributed by atoms with Crippen LogP contribution in [0.1, 0.15) is 44.7 Å². The number of piperidine rings is 1. The first-order valence-electron chi connectivity index (χ1n) is 8.86. The van der Waals surface area contributed by atoms with Crippen LogP contribution in [-0.4, -0.2) is 41.6 Å². The first kappa shape index (κ1) is 19.9. The molecule has 1 aromatic rings. The van der Waals surface area contributed by atoms with Gasteiger partial charge in [-0.2, -0.15) is 0 Å². The first-order chi connectivity index (χ1) is 12.2. The zero-order valence-corrected chi connectivity index (χ0v) is 15.7. The topological polar surface area (TPSA) is 58.6 Å². The van der Waals surface area contributed by atoms with Gasteiger partial charge in [-0.15, -0.1) is 0 Å². The van der Waals surface area contributed by atoms with Crippen molar-refractivity contribution in [3.05, 3.63) is 41.7 Å². The lowest BCUT2D eigenvalue weighted by molar-refractivity contribution is -0.131. The van der Waals surface area contributed by atoms with Crippen molar-refractivity contribution in [2.45, 2.75) is 51.7 Å². The molecule has 2 amide bonds. The lowest BCUT2D eigenvalue weighted by Crippen LogP contribution is -2.48. The second-order valence-corrected chi connectivity index (χ2v) is 7.54. The fourth-order valence-electron chi connectivity index (χ4n) is 2.89. The zero-order chi connectivity index (χ0) is 19.3. The van der Waals surface area contributed by atoms with Gasteiger partial charge in [0.1, 0.15) is 11.4 Å². The van der Waals surface area contributed by atoms with Crippen LogP contribution in [-0.2, 0) is 16.0 Å². The van der Waals surface area contributed by atoms with Gasteiger partial charge in [0.05, 0.1) is 6.42 Å². The Morgan fingerprint density at radius 3 is 2.58 bits per heavy atom. The van der Waals surface area contributed by atoms with Crippen molar-refractivity contribution in [1.82, 2.24) is 10.2 Å². The van der Waals surface area contributed by atoms with Crippen LogP contribution in [0.3, 0.4) is 0 Å². The van der Waals surface area contributed by atoms with Gasteiger partial charge in [-0.25, -0.2) is 9.18 Å². The summed E-state index contributed by atoms with van der Waals surface area (Å²) in [6, 6.07) is 4.64. The quantitative estimate of drug-likeness (QED) is 0.891. The van der Waals surface area contributed by atoms with Crippen molar-refractivity contribution in [3.63, 3.8) is 0 Å². The molecule has 0 saturated carbocycles. The fourth-order valence-corrected chi connectivity index (χ4v) is 2.89. The van der Waals surface area contributed by atoms with Crippen LogP contribution in [0.25, 0.3) is 6.08 Å². The molecule has 1 aromatic carbocycles. The number of carbonyl (C=O) groups is 2. The third kappa shape index (κ3) is 5.86. The standard InChI is InChI=1S/C20H27FN2O3/c1-5-15-12-14(6-7-17(15)21)13-18(24)23-10-8-16(9-11-23)22-19(25)26-20(2,3)4/h5-7,12,16H,1,8-11,13H2,2-4H3,(H,22,25). The summed E-state index contributed by atoms with van der Waals surface area (Å²) in [5.74, 6) is -0.340. The van der Waals surface area contributed by atoms with Crippen molar-refractivity contribution in [2.24, 2.45) is 0 Å². The molecule has 0 aliphatic carbocycles. The lowest BCUT2D eigenvalue weighted by Gasteiger charge is -2.33. The molecule has 1 N–H and O–H groups in total. The molecule has 1 aliphatic rings. The predicted molar refractivity (Wildman–Crippen MR) is 99.2 cm³/mol. The van der Waals surface area contributed by atoms with Crippen LogP contribution in [0.4, 0.5) is 9.18 Å². The van der Waals surface area contributed by atoms with Gasteiger partial charge in [-0.3, -0.25) is 4.79 Å². The number of nitrogens with one attached hydrogen (secondary N) is 1. The maximum atomic E-state index is 13.5. The van der Waals surface area contributed by atoms with Crippen LogP contribution >= 0.6 is 0 Å². The number of benzene rings is 1. The van der Waals surface area contributed by atoms with Crippen molar-refractivity contribution < 1.29 is 18.7 Å². The molecule has 1 heterocycles. The summed E-state index contributed by atoms with van der Waals surface area (Å²) in [4.78, 5) is 26.1. The highest BCUT2D eigenvalue weighted by Gasteiger charge is 2.25. The Morgan fingerprint density at radius 1 is 1.35 bits per heavy atom. The summed E-state index contributed by atoms with van der Waals surface area (Å²) >= 11 is 0. The van der Waals surface area contributed by atoms with E-state index in [-0.39, 0.29) is 24.2 Å². The molecule has 0 spiro atoms. The number of hydrogen-bond acceptors (Lipinski definition) is 3. The molecular formula is C20H27FN2O3.